The second-order valence-electron chi connectivity index (χ2n) is 5.65. The second-order valence-corrected chi connectivity index (χ2v) is 5.65. The van der Waals surface area contributed by atoms with Crippen LogP contribution in [0.1, 0.15) is 5.56 Å². The highest BCUT2D eigenvalue weighted by atomic mass is 14.7. The molecule has 0 amide bonds. The molecule has 2 aromatic rings. The van der Waals surface area contributed by atoms with Crippen LogP contribution in [0.2, 0.25) is 0 Å². The van der Waals surface area contributed by atoms with E-state index in [1.54, 1.807) is 0 Å². The average molecular weight is 296 g/mol. The molecule has 2 heterocycles. The van der Waals surface area contributed by atoms with Crippen LogP contribution in [0.5, 0.6) is 0 Å². The number of aromatic nitrogens is 2. The molecule has 2 aliphatic rings. The highest BCUT2D eigenvalue weighted by Gasteiger charge is 2.19. The van der Waals surface area contributed by atoms with Gasteiger partial charge in [0.2, 0.25) is 0 Å². The second kappa shape index (κ2) is 5.65. The summed E-state index contributed by atoms with van der Waals surface area (Å²) >= 11 is 0. The lowest BCUT2D eigenvalue weighted by molar-refractivity contribution is 1.33. The summed E-state index contributed by atoms with van der Waals surface area (Å²) in [5.41, 5.74) is 7.90. The first-order valence-electron chi connectivity index (χ1n) is 7.69. The molecule has 1 aliphatic heterocycles. The van der Waals surface area contributed by atoms with E-state index in [4.69, 9.17) is 4.98 Å². The average Bonchev–Trinajstić information content (AvgIpc) is 2.79. The maximum Gasteiger partial charge on any atom is 0.0794 e. The Morgan fingerprint density at radius 3 is 2.22 bits per heavy atom. The summed E-state index contributed by atoms with van der Waals surface area (Å²) in [6, 6.07) is 23.0. The van der Waals surface area contributed by atoms with Crippen molar-refractivity contribution in [1.29, 1.82) is 0 Å². The minimum atomic E-state index is 1.01. The predicted octanol–water partition coefficient (Wildman–Crippen LogP) is 5.22. The zero-order chi connectivity index (χ0) is 15.6. The minimum Gasteiger partial charge on any atom is -0.265 e. The number of hydrogen-bond acceptors (Lipinski definition) is 2. The number of aryl methyl sites for hydroxylation is 1. The fourth-order valence-corrected chi connectivity index (χ4v) is 2.88. The lowest BCUT2D eigenvalue weighted by Crippen LogP contribution is -1.84. The van der Waals surface area contributed by atoms with Crippen LogP contribution < -0.4 is 0 Å². The van der Waals surface area contributed by atoms with Gasteiger partial charge in [-0.05, 0) is 30.7 Å². The number of pyridine rings is 1. The van der Waals surface area contributed by atoms with E-state index in [-0.39, 0.29) is 0 Å². The molecule has 0 N–H and O–H groups in total. The Bertz CT molecular complexity index is 912. The van der Waals surface area contributed by atoms with Gasteiger partial charge in [-0.2, -0.15) is 0 Å². The molecular formula is C21H16N2. The lowest BCUT2D eigenvalue weighted by Gasteiger charge is -2.05. The van der Waals surface area contributed by atoms with Crippen LogP contribution >= 0.6 is 0 Å². The largest absolute Gasteiger partial charge is 0.265 e. The Morgan fingerprint density at radius 2 is 1.43 bits per heavy atom. The van der Waals surface area contributed by atoms with Crippen molar-refractivity contribution in [3.63, 3.8) is 0 Å². The summed E-state index contributed by atoms with van der Waals surface area (Å²) in [6.45, 7) is 2.10. The third kappa shape index (κ3) is 2.49. The lowest BCUT2D eigenvalue weighted by atomic mass is 9.97. The van der Waals surface area contributed by atoms with Crippen LogP contribution in [0.3, 0.4) is 0 Å². The van der Waals surface area contributed by atoms with Crippen LogP contribution in [0, 0.1) is 6.92 Å². The van der Waals surface area contributed by atoms with Crippen molar-refractivity contribution in [2.24, 2.45) is 0 Å². The number of hydrogen-bond donors (Lipinski definition) is 0. The molecule has 0 unspecified atom stereocenters. The van der Waals surface area contributed by atoms with Gasteiger partial charge in [0, 0.05) is 29.1 Å². The van der Waals surface area contributed by atoms with E-state index < -0.39 is 0 Å². The van der Waals surface area contributed by atoms with E-state index >= 15 is 0 Å². The quantitative estimate of drug-likeness (QED) is 0.506. The molecule has 0 saturated carbocycles. The van der Waals surface area contributed by atoms with Crippen LogP contribution in [-0.2, 0) is 0 Å². The smallest absolute Gasteiger partial charge is 0.0794 e. The van der Waals surface area contributed by atoms with Crippen molar-refractivity contribution in [1.82, 2.24) is 9.97 Å². The van der Waals surface area contributed by atoms with Crippen LogP contribution in [-0.4, -0.2) is 9.97 Å². The van der Waals surface area contributed by atoms with E-state index in [2.05, 4.69) is 54.4 Å². The topological polar surface area (TPSA) is 25.8 Å². The van der Waals surface area contributed by atoms with Gasteiger partial charge in [-0.1, -0.05) is 54.1 Å². The third-order valence-corrected chi connectivity index (χ3v) is 4.05. The summed E-state index contributed by atoms with van der Waals surface area (Å²) in [5.74, 6) is 0. The van der Waals surface area contributed by atoms with Gasteiger partial charge in [0.1, 0.15) is 0 Å². The molecule has 4 rings (SSSR count). The highest BCUT2D eigenvalue weighted by molar-refractivity contribution is 5.94. The molecule has 0 saturated heterocycles. The van der Waals surface area contributed by atoms with E-state index in [9.17, 15) is 0 Å². The van der Waals surface area contributed by atoms with Crippen LogP contribution in [0.15, 0.2) is 79.1 Å². The summed E-state index contributed by atoms with van der Waals surface area (Å²) in [4.78, 5) is 9.05. The molecule has 1 aliphatic carbocycles. The first-order valence-corrected chi connectivity index (χ1v) is 7.69. The molecule has 2 heteroatoms. The Kier molecular flexibility index (Phi) is 3.35. The van der Waals surface area contributed by atoms with E-state index in [1.165, 1.54) is 11.1 Å². The normalized spacial score (nSPS) is 10.8. The standard InChI is InChI=1S/C21H16N2/c1-15-7-9-17(10-8-15)21-20(16-11-13-22-14-12-16)18-5-3-2-4-6-19(18)23-21/h2-14H,1H3. The van der Waals surface area contributed by atoms with Crippen molar-refractivity contribution in [2.75, 3.05) is 0 Å². The number of benzene rings is 1. The van der Waals surface area contributed by atoms with Crippen molar-refractivity contribution >= 4 is 0 Å². The summed E-state index contributed by atoms with van der Waals surface area (Å²) in [7, 11) is 0. The van der Waals surface area contributed by atoms with Gasteiger partial charge in [-0.25, -0.2) is 4.98 Å². The van der Waals surface area contributed by atoms with Gasteiger partial charge in [0.15, 0.2) is 0 Å². The van der Waals surface area contributed by atoms with Crippen LogP contribution in [0.25, 0.3) is 33.6 Å². The number of rotatable bonds is 2. The van der Waals surface area contributed by atoms with Crippen molar-refractivity contribution < 1.29 is 0 Å². The first-order chi connectivity index (χ1) is 11.3. The zero-order valence-electron chi connectivity index (χ0n) is 12.9. The molecule has 0 spiro atoms. The van der Waals surface area contributed by atoms with Gasteiger partial charge in [-0.15, -0.1) is 0 Å². The van der Waals surface area contributed by atoms with E-state index in [0.29, 0.717) is 0 Å². The predicted molar refractivity (Wildman–Crippen MR) is 94.3 cm³/mol. The maximum absolute atomic E-state index is 4.91. The number of nitrogens with zero attached hydrogens (tertiary/aromatic N) is 2. The molecule has 1 aromatic heterocycles. The Balaban J connectivity index is 2.03. The van der Waals surface area contributed by atoms with Gasteiger partial charge < -0.3 is 0 Å². The van der Waals surface area contributed by atoms with Crippen LogP contribution in [0.4, 0.5) is 0 Å². The summed E-state index contributed by atoms with van der Waals surface area (Å²) in [6.07, 6.45) is 3.66. The van der Waals surface area contributed by atoms with Crippen molar-refractivity contribution in [2.45, 2.75) is 6.92 Å². The molecule has 2 nitrogen and oxygen atoms in total. The van der Waals surface area contributed by atoms with Gasteiger partial charge in [-0.3, -0.25) is 4.98 Å². The monoisotopic (exact) mass is 296 g/mol. The van der Waals surface area contributed by atoms with Crippen molar-refractivity contribution in [3.8, 4) is 33.6 Å². The Morgan fingerprint density at radius 1 is 0.696 bits per heavy atom. The van der Waals surface area contributed by atoms with E-state index in [0.717, 1.165) is 28.1 Å². The van der Waals surface area contributed by atoms with Gasteiger partial charge in [0.05, 0.1) is 11.4 Å². The molecule has 1 aromatic carbocycles. The van der Waals surface area contributed by atoms with E-state index in [1.807, 2.05) is 36.7 Å². The number of fused-ring (bicyclic) bond motifs is 1. The molecule has 0 atom stereocenters. The first kappa shape index (κ1) is 13.6. The Labute approximate surface area is 135 Å². The molecule has 23 heavy (non-hydrogen) atoms. The Hall–Kier alpha value is -3.00. The fraction of sp³-hybridized carbons (Fsp3) is 0.0476. The van der Waals surface area contributed by atoms with Crippen molar-refractivity contribution in [3.05, 3.63) is 84.7 Å². The van der Waals surface area contributed by atoms with Gasteiger partial charge in [0.25, 0.3) is 0 Å². The maximum atomic E-state index is 4.91. The zero-order valence-corrected chi connectivity index (χ0v) is 12.9. The molecule has 0 fully saturated rings. The molecule has 110 valence electrons. The highest BCUT2D eigenvalue weighted by Crippen LogP contribution is 2.41. The molecule has 0 radical (unpaired) electrons. The summed E-state index contributed by atoms with van der Waals surface area (Å²) < 4.78 is 0. The minimum absolute atomic E-state index is 1.01. The molecular weight excluding hydrogens is 280 g/mol. The SMILES string of the molecule is Cc1ccc(-c2nc3cccccc-3c2-c2ccncc2)cc1. The summed E-state index contributed by atoms with van der Waals surface area (Å²) in [5, 5.41) is 0. The third-order valence-electron chi connectivity index (χ3n) is 4.05. The fourth-order valence-electron chi connectivity index (χ4n) is 2.88. The molecule has 0 bridgehead atoms. The van der Waals surface area contributed by atoms with Gasteiger partial charge >= 0.3 is 0 Å².